The molecule has 2 heterocycles. The van der Waals surface area contributed by atoms with Crippen molar-refractivity contribution in [1.82, 2.24) is 19.7 Å². The summed E-state index contributed by atoms with van der Waals surface area (Å²) in [5.74, 6) is -1.39. The fraction of sp³-hybridized carbons (Fsp3) is 0.636. The molecule has 1 aliphatic heterocycles. The standard InChI is InChI=1S/C11H16N4O3/c1-8(15-7-12-6-13-15)10(16)14-4-2-3-9(5-14)11(17)18/h6-9H,2-5H2,1H3,(H,17,18)/t8?,9-/m1/s1. The molecule has 0 aromatic carbocycles. The Morgan fingerprint density at radius 3 is 2.89 bits per heavy atom. The van der Waals surface area contributed by atoms with E-state index in [2.05, 4.69) is 10.1 Å². The number of carbonyl (C=O) groups is 2. The average molecular weight is 252 g/mol. The molecule has 1 N–H and O–H groups in total. The lowest BCUT2D eigenvalue weighted by atomic mass is 9.98. The Labute approximate surface area is 104 Å². The van der Waals surface area contributed by atoms with Crippen LogP contribution in [-0.4, -0.2) is 49.7 Å². The molecule has 1 amide bonds. The minimum atomic E-state index is -0.832. The van der Waals surface area contributed by atoms with Crippen molar-refractivity contribution >= 4 is 11.9 Å². The minimum Gasteiger partial charge on any atom is -0.481 e. The molecule has 0 saturated carbocycles. The largest absolute Gasteiger partial charge is 0.481 e. The molecule has 1 aliphatic rings. The van der Waals surface area contributed by atoms with Gasteiger partial charge in [-0.05, 0) is 19.8 Å². The van der Waals surface area contributed by atoms with Crippen LogP contribution in [0.15, 0.2) is 12.7 Å². The molecule has 0 aliphatic carbocycles. The first-order valence-corrected chi connectivity index (χ1v) is 5.95. The van der Waals surface area contributed by atoms with Crippen molar-refractivity contribution < 1.29 is 14.7 Å². The topological polar surface area (TPSA) is 88.3 Å². The second-order valence-corrected chi connectivity index (χ2v) is 4.51. The number of nitrogens with zero attached hydrogens (tertiary/aromatic N) is 4. The highest BCUT2D eigenvalue weighted by Gasteiger charge is 2.30. The van der Waals surface area contributed by atoms with E-state index in [-0.39, 0.29) is 12.5 Å². The van der Waals surface area contributed by atoms with Crippen molar-refractivity contribution in [1.29, 1.82) is 0 Å². The number of aliphatic carboxylic acids is 1. The normalized spacial score (nSPS) is 21.6. The quantitative estimate of drug-likeness (QED) is 0.828. The second kappa shape index (κ2) is 5.16. The van der Waals surface area contributed by atoms with Crippen LogP contribution in [0.4, 0.5) is 0 Å². The predicted molar refractivity (Wildman–Crippen MR) is 61.7 cm³/mol. The average Bonchev–Trinajstić information content (AvgIpc) is 2.91. The first-order chi connectivity index (χ1) is 8.59. The van der Waals surface area contributed by atoms with E-state index < -0.39 is 17.9 Å². The van der Waals surface area contributed by atoms with E-state index in [1.54, 1.807) is 11.8 Å². The Morgan fingerprint density at radius 1 is 1.50 bits per heavy atom. The monoisotopic (exact) mass is 252 g/mol. The first kappa shape index (κ1) is 12.5. The third-order valence-electron chi connectivity index (χ3n) is 3.27. The summed E-state index contributed by atoms with van der Waals surface area (Å²) < 4.78 is 1.48. The van der Waals surface area contributed by atoms with Gasteiger partial charge in [-0.25, -0.2) is 9.67 Å². The zero-order valence-electron chi connectivity index (χ0n) is 10.2. The van der Waals surface area contributed by atoms with Gasteiger partial charge < -0.3 is 10.0 Å². The van der Waals surface area contributed by atoms with Gasteiger partial charge in [0.05, 0.1) is 5.92 Å². The zero-order chi connectivity index (χ0) is 13.1. The van der Waals surface area contributed by atoms with Crippen molar-refractivity contribution in [3.05, 3.63) is 12.7 Å². The minimum absolute atomic E-state index is 0.105. The Balaban J connectivity index is 2.02. The lowest BCUT2D eigenvalue weighted by Gasteiger charge is -2.32. The number of piperidine rings is 1. The van der Waals surface area contributed by atoms with Gasteiger partial charge in [-0.3, -0.25) is 9.59 Å². The molecule has 0 spiro atoms. The summed E-state index contributed by atoms with van der Waals surface area (Å²) in [4.78, 5) is 28.6. The Bertz CT molecular complexity index is 432. The van der Waals surface area contributed by atoms with Crippen LogP contribution >= 0.6 is 0 Å². The molecule has 2 rings (SSSR count). The maximum absolute atomic E-state index is 12.2. The van der Waals surface area contributed by atoms with Crippen LogP contribution in [0.5, 0.6) is 0 Å². The van der Waals surface area contributed by atoms with E-state index in [0.29, 0.717) is 13.0 Å². The molecule has 0 radical (unpaired) electrons. The van der Waals surface area contributed by atoms with Gasteiger partial charge in [-0.15, -0.1) is 0 Å². The molecular weight excluding hydrogens is 236 g/mol. The molecule has 0 bridgehead atoms. The number of aromatic nitrogens is 3. The first-order valence-electron chi connectivity index (χ1n) is 5.95. The van der Waals surface area contributed by atoms with E-state index in [1.807, 2.05) is 0 Å². The predicted octanol–water partition coefficient (Wildman–Crippen LogP) is 0.162. The molecule has 2 atom stereocenters. The summed E-state index contributed by atoms with van der Waals surface area (Å²) in [7, 11) is 0. The van der Waals surface area contributed by atoms with Crippen molar-refractivity contribution in [2.24, 2.45) is 5.92 Å². The maximum atomic E-state index is 12.2. The van der Waals surface area contributed by atoms with Crippen molar-refractivity contribution in [3.63, 3.8) is 0 Å². The summed E-state index contributed by atoms with van der Waals surface area (Å²) in [6.07, 6.45) is 4.23. The third kappa shape index (κ3) is 2.49. The van der Waals surface area contributed by atoms with E-state index >= 15 is 0 Å². The summed E-state index contributed by atoms with van der Waals surface area (Å²) >= 11 is 0. The number of carbonyl (C=O) groups excluding carboxylic acids is 1. The SMILES string of the molecule is CC(C(=O)N1CCC[C@@H](C(=O)O)C1)n1cncn1. The van der Waals surface area contributed by atoms with Crippen LogP contribution in [0.3, 0.4) is 0 Å². The van der Waals surface area contributed by atoms with E-state index in [1.165, 1.54) is 17.3 Å². The van der Waals surface area contributed by atoms with Crippen LogP contribution in [-0.2, 0) is 9.59 Å². The Hall–Kier alpha value is -1.92. The van der Waals surface area contributed by atoms with Gasteiger partial charge in [0.1, 0.15) is 18.7 Å². The number of rotatable bonds is 3. The van der Waals surface area contributed by atoms with Gasteiger partial charge in [0.2, 0.25) is 5.91 Å². The highest BCUT2D eigenvalue weighted by atomic mass is 16.4. The van der Waals surface area contributed by atoms with Gasteiger partial charge in [-0.2, -0.15) is 5.10 Å². The van der Waals surface area contributed by atoms with Gasteiger partial charge in [0.25, 0.3) is 0 Å². The highest BCUT2D eigenvalue weighted by Crippen LogP contribution is 2.19. The van der Waals surface area contributed by atoms with Gasteiger partial charge in [-0.1, -0.05) is 0 Å². The molecule has 98 valence electrons. The van der Waals surface area contributed by atoms with Gasteiger partial charge in [0, 0.05) is 13.1 Å². The van der Waals surface area contributed by atoms with Crippen molar-refractivity contribution in [2.45, 2.75) is 25.8 Å². The lowest BCUT2D eigenvalue weighted by molar-refractivity contribution is -0.146. The zero-order valence-corrected chi connectivity index (χ0v) is 10.2. The number of hydrogen-bond donors (Lipinski definition) is 1. The lowest BCUT2D eigenvalue weighted by Crippen LogP contribution is -2.44. The third-order valence-corrected chi connectivity index (χ3v) is 3.27. The van der Waals surface area contributed by atoms with E-state index in [4.69, 9.17) is 5.11 Å². The Morgan fingerprint density at radius 2 is 2.28 bits per heavy atom. The van der Waals surface area contributed by atoms with Crippen LogP contribution in [0, 0.1) is 5.92 Å². The van der Waals surface area contributed by atoms with Crippen LogP contribution in [0.2, 0.25) is 0 Å². The van der Waals surface area contributed by atoms with Gasteiger partial charge >= 0.3 is 5.97 Å². The molecule has 7 nitrogen and oxygen atoms in total. The fourth-order valence-corrected chi connectivity index (χ4v) is 2.17. The molecule has 7 heteroatoms. The fourth-order valence-electron chi connectivity index (χ4n) is 2.17. The van der Waals surface area contributed by atoms with Crippen LogP contribution in [0.25, 0.3) is 0 Å². The summed E-state index contributed by atoms with van der Waals surface area (Å²) in [6, 6.07) is -0.444. The summed E-state index contributed by atoms with van der Waals surface area (Å²) in [5, 5.41) is 12.9. The van der Waals surface area contributed by atoms with Crippen molar-refractivity contribution in [2.75, 3.05) is 13.1 Å². The number of amides is 1. The molecule has 1 fully saturated rings. The molecular formula is C11H16N4O3. The summed E-state index contributed by atoms with van der Waals surface area (Å²) in [6.45, 7) is 2.64. The highest BCUT2D eigenvalue weighted by molar-refractivity contribution is 5.81. The van der Waals surface area contributed by atoms with E-state index in [0.717, 1.165) is 6.42 Å². The molecule has 18 heavy (non-hydrogen) atoms. The summed E-state index contributed by atoms with van der Waals surface area (Å²) in [5.41, 5.74) is 0. The van der Waals surface area contributed by atoms with Crippen LogP contribution < -0.4 is 0 Å². The Kier molecular flexibility index (Phi) is 3.59. The number of hydrogen-bond acceptors (Lipinski definition) is 4. The van der Waals surface area contributed by atoms with Gasteiger partial charge in [0.15, 0.2) is 0 Å². The number of likely N-dealkylation sites (tertiary alicyclic amines) is 1. The number of carboxylic acids is 1. The maximum Gasteiger partial charge on any atom is 0.308 e. The second-order valence-electron chi connectivity index (χ2n) is 4.51. The van der Waals surface area contributed by atoms with E-state index in [9.17, 15) is 9.59 Å². The molecule has 1 aromatic heterocycles. The molecule has 1 aromatic rings. The smallest absolute Gasteiger partial charge is 0.308 e. The molecule has 1 saturated heterocycles. The molecule has 1 unspecified atom stereocenters. The number of carboxylic acid groups (broad SMARTS) is 1. The van der Waals surface area contributed by atoms with Crippen molar-refractivity contribution in [3.8, 4) is 0 Å². The van der Waals surface area contributed by atoms with Crippen LogP contribution in [0.1, 0.15) is 25.8 Å².